The number of ether oxygens (including phenoxy) is 6. The van der Waals surface area contributed by atoms with Crippen LogP contribution in [-0.2, 0) is 42.8 Å². The summed E-state index contributed by atoms with van der Waals surface area (Å²) in [5, 5.41) is 0. The zero-order valence-corrected chi connectivity index (χ0v) is 25.3. The lowest BCUT2D eigenvalue weighted by molar-refractivity contribution is -0.295. The highest BCUT2D eigenvalue weighted by Gasteiger charge is 2.62. The van der Waals surface area contributed by atoms with Gasteiger partial charge in [0.05, 0.1) is 24.4 Å². The topological polar surface area (TPSA) is 107 Å². The zero-order chi connectivity index (χ0) is 29.5. The third kappa shape index (κ3) is 5.97. The Kier molecular flexibility index (Phi) is 8.80. The van der Waals surface area contributed by atoms with E-state index >= 15 is 0 Å². The first kappa shape index (κ1) is 31.0. The van der Waals surface area contributed by atoms with Crippen molar-refractivity contribution in [3.8, 4) is 0 Å². The summed E-state index contributed by atoms with van der Waals surface area (Å²) in [7, 11) is 0. The minimum absolute atomic E-state index is 0.0440. The lowest BCUT2D eigenvalue weighted by Gasteiger charge is -2.65. The van der Waals surface area contributed by atoms with Crippen molar-refractivity contribution < 1.29 is 42.8 Å². The van der Waals surface area contributed by atoms with Gasteiger partial charge in [-0.25, -0.2) is 0 Å². The molecule has 2 saturated carbocycles. The van der Waals surface area contributed by atoms with Crippen LogP contribution in [0.25, 0.3) is 0 Å². The molecule has 2 aliphatic carbocycles. The van der Waals surface area contributed by atoms with Crippen LogP contribution in [0.5, 0.6) is 0 Å². The number of hydrogen-bond acceptors (Lipinski definition) is 9. The van der Waals surface area contributed by atoms with E-state index in [1.54, 1.807) is 0 Å². The van der Waals surface area contributed by atoms with E-state index in [0.29, 0.717) is 18.4 Å². The van der Waals surface area contributed by atoms with Crippen LogP contribution in [0, 0.1) is 22.7 Å². The standard InChI is InChI=1S/C31H48O9/c1-9-29(6)15-11-24-30(7)14-10-13-28(5,23(30)12-16-31(24,8)40-29)18-36-27-26(39-21(4)34)25(38-20(3)33)22(17-35-27)37-19(2)32/h9,22-27H,1,10-18H2,2-8H3/t22-,23-,24+,25-,26+,27-,28-,29-,30-,31+/m0/s1. The van der Waals surface area contributed by atoms with E-state index in [0.717, 1.165) is 44.9 Å². The second-order valence-corrected chi connectivity index (χ2v) is 13.4. The van der Waals surface area contributed by atoms with Gasteiger partial charge in [-0.1, -0.05) is 26.3 Å². The van der Waals surface area contributed by atoms with Crippen LogP contribution in [0.1, 0.15) is 93.4 Å². The summed E-state index contributed by atoms with van der Waals surface area (Å²) >= 11 is 0. The molecule has 2 saturated heterocycles. The first-order chi connectivity index (χ1) is 18.6. The molecule has 4 rings (SSSR count). The molecule has 9 heteroatoms. The van der Waals surface area contributed by atoms with E-state index in [9.17, 15) is 14.4 Å². The summed E-state index contributed by atoms with van der Waals surface area (Å²) in [5.41, 5.74) is -0.528. The molecule has 0 bridgehead atoms. The molecular weight excluding hydrogens is 516 g/mol. The Morgan fingerprint density at radius 1 is 0.850 bits per heavy atom. The Morgan fingerprint density at radius 2 is 1.48 bits per heavy atom. The van der Waals surface area contributed by atoms with Crippen LogP contribution in [0.4, 0.5) is 0 Å². The van der Waals surface area contributed by atoms with Gasteiger partial charge >= 0.3 is 17.9 Å². The predicted molar refractivity (Wildman–Crippen MR) is 146 cm³/mol. The van der Waals surface area contributed by atoms with Crippen molar-refractivity contribution in [2.45, 2.75) is 129 Å². The van der Waals surface area contributed by atoms with E-state index < -0.39 is 42.5 Å². The number of rotatable bonds is 7. The third-order valence-electron chi connectivity index (χ3n) is 10.3. The maximum Gasteiger partial charge on any atom is 0.303 e. The molecule has 0 aromatic rings. The molecule has 10 atom stereocenters. The summed E-state index contributed by atoms with van der Waals surface area (Å²) in [5.74, 6) is -0.858. The summed E-state index contributed by atoms with van der Waals surface area (Å²) < 4.78 is 35.6. The number of esters is 3. The molecule has 0 radical (unpaired) electrons. The number of fused-ring (bicyclic) bond motifs is 3. The average Bonchev–Trinajstić information content (AvgIpc) is 2.84. The average molecular weight is 565 g/mol. The van der Waals surface area contributed by atoms with Gasteiger partial charge in [-0.15, -0.1) is 6.58 Å². The Hall–Kier alpha value is -1.97. The van der Waals surface area contributed by atoms with Gasteiger partial charge in [0.2, 0.25) is 0 Å². The van der Waals surface area contributed by atoms with Gasteiger partial charge in [0.15, 0.2) is 24.6 Å². The summed E-state index contributed by atoms with van der Waals surface area (Å²) in [6, 6.07) is 0. The zero-order valence-electron chi connectivity index (χ0n) is 25.3. The van der Waals surface area contributed by atoms with Gasteiger partial charge in [-0.3, -0.25) is 14.4 Å². The van der Waals surface area contributed by atoms with Gasteiger partial charge in [0.25, 0.3) is 0 Å². The van der Waals surface area contributed by atoms with Gasteiger partial charge in [0.1, 0.15) is 0 Å². The second kappa shape index (κ2) is 11.4. The van der Waals surface area contributed by atoms with Crippen molar-refractivity contribution >= 4 is 17.9 Å². The molecule has 0 amide bonds. The van der Waals surface area contributed by atoms with E-state index in [2.05, 4.69) is 34.3 Å². The van der Waals surface area contributed by atoms with Crippen LogP contribution in [-0.4, -0.2) is 66.9 Å². The highest BCUT2D eigenvalue weighted by Crippen LogP contribution is 2.65. The van der Waals surface area contributed by atoms with Gasteiger partial charge in [-0.05, 0) is 75.0 Å². The molecule has 4 aliphatic rings. The quantitative estimate of drug-likeness (QED) is 0.243. The maximum atomic E-state index is 12.0. The fourth-order valence-electron chi connectivity index (χ4n) is 8.63. The summed E-state index contributed by atoms with van der Waals surface area (Å²) in [6.07, 6.45) is 5.28. The Balaban J connectivity index is 1.53. The largest absolute Gasteiger partial charge is 0.456 e. The fourth-order valence-corrected chi connectivity index (χ4v) is 8.63. The molecule has 4 fully saturated rings. The lowest BCUT2D eigenvalue weighted by atomic mass is 9.44. The third-order valence-corrected chi connectivity index (χ3v) is 10.3. The number of carbonyl (C=O) groups excluding carboxylic acids is 3. The van der Waals surface area contributed by atoms with E-state index in [1.165, 1.54) is 20.8 Å². The van der Waals surface area contributed by atoms with Crippen LogP contribution in [0.2, 0.25) is 0 Å². The number of carbonyl (C=O) groups is 3. The maximum absolute atomic E-state index is 12.0. The molecule has 0 spiro atoms. The predicted octanol–water partition coefficient (Wildman–Crippen LogP) is 4.89. The van der Waals surface area contributed by atoms with Crippen LogP contribution >= 0.6 is 0 Å². The first-order valence-electron chi connectivity index (χ1n) is 14.7. The first-order valence-corrected chi connectivity index (χ1v) is 14.7. The van der Waals surface area contributed by atoms with Crippen molar-refractivity contribution in [2.24, 2.45) is 22.7 Å². The summed E-state index contributed by atoms with van der Waals surface area (Å²) in [6.45, 7) is 17.4. The SMILES string of the molecule is C=C[C@@]1(C)CC[C@@H]2[C@@]3(C)CCC[C@@](C)(CO[C@@H]4OC[C@H](OC(C)=O)[C@H](OC(C)=O)[C@H]4OC(C)=O)[C@@H]3CC[C@@]2(C)O1. The molecule has 0 aromatic carbocycles. The Morgan fingerprint density at radius 3 is 2.10 bits per heavy atom. The van der Waals surface area contributed by atoms with Crippen molar-refractivity contribution in [3.63, 3.8) is 0 Å². The van der Waals surface area contributed by atoms with Gasteiger partial charge in [0, 0.05) is 20.8 Å². The van der Waals surface area contributed by atoms with Gasteiger partial charge in [-0.2, -0.15) is 0 Å². The second-order valence-electron chi connectivity index (χ2n) is 13.4. The Bertz CT molecular complexity index is 997. The van der Waals surface area contributed by atoms with Crippen LogP contribution in [0.3, 0.4) is 0 Å². The smallest absolute Gasteiger partial charge is 0.303 e. The fraction of sp³-hybridized carbons (Fsp3) is 0.839. The molecule has 226 valence electrons. The molecule has 2 heterocycles. The minimum Gasteiger partial charge on any atom is -0.456 e. The minimum atomic E-state index is -1.07. The molecule has 0 aromatic heterocycles. The highest BCUT2D eigenvalue weighted by atomic mass is 16.7. The molecular formula is C31H48O9. The lowest BCUT2D eigenvalue weighted by Crippen LogP contribution is -2.63. The van der Waals surface area contributed by atoms with Crippen molar-refractivity contribution in [1.29, 1.82) is 0 Å². The van der Waals surface area contributed by atoms with Crippen molar-refractivity contribution in [3.05, 3.63) is 12.7 Å². The highest BCUT2D eigenvalue weighted by molar-refractivity contribution is 5.68. The normalized spacial score (nSPS) is 44.9. The molecule has 0 N–H and O–H groups in total. The molecule has 40 heavy (non-hydrogen) atoms. The van der Waals surface area contributed by atoms with Crippen molar-refractivity contribution in [1.82, 2.24) is 0 Å². The van der Waals surface area contributed by atoms with Crippen molar-refractivity contribution in [2.75, 3.05) is 13.2 Å². The monoisotopic (exact) mass is 564 g/mol. The molecule has 2 aliphatic heterocycles. The van der Waals surface area contributed by atoms with Crippen LogP contribution < -0.4 is 0 Å². The van der Waals surface area contributed by atoms with Gasteiger partial charge < -0.3 is 28.4 Å². The Labute approximate surface area is 238 Å². The number of hydrogen-bond donors (Lipinski definition) is 0. The van der Waals surface area contributed by atoms with Crippen LogP contribution in [0.15, 0.2) is 12.7 Å². The van der Waals surface area contributed by atoms with E-state index in [-0.39, 0.29) is 28.6 Å². The molecule has 9 nitrogen and oxygen atoms in total. The van der Waals surface area contributed by atoms with E-state index in [4.69, 9.17) is 28.4 Å². The van der Waals surface area contributed by atoms with E-state index in [1.807, 2.05) is 6.08 Å². The summed E-state index contributed by atoms with van der Waals surface area (Å²) in [4.78, 5) is 35.7. The molecule has 0 unspecified atom stereocenters.